The van der Waals surface area contributed by atoms with Crippen molar-refractivity contribution in [1.82, 2.24) is 19.7 Å². The molecule has 0 saturated carbocycles. The van der Waals surface area contributed by atoms with Crippen LogP contribution in [0.2, 0.25) is 0 Å². The molecule has 2 saturated heterocycles. The van der Waals surface area contributed by atoms with E-state index in [1.807, 2.05) is 35.2 Å². The number of urea groups is 1. The molecule has 3 amide bonds. The Labute approximate surface area is 178 Å². The molecule has 3 heterocycles. The molecule has 4 rings (SSSR count). The van der Waals surface area contributed by atoms with Gasteiger partial charge < -0.3 is 9.80 Å². The van der Waals surface area contributed by atoms with Crippen molar-refractivity contribution < 1.29 is 9.59 Å². The molecule has 1 aromatic carbocycles. The second-order valence-electron chi connectivity index (χ2n) is 8.58. The predicted octanol–water partition coefficient (Wildman–Crippen LogP) is 3.33. The van der Waals surface area contributed by atoms with Crippen molar-refractivity contribution in [3.05, 3.63) is 66.0 Å². The second kappa shape index (κ2) is 8.56. The lowest BCUT2D eigenvalue weighted by molar-refractivity contribution is -0.136. The fourth-order valence-electron chi connectivity index (χ4n) is 4.69. The van der Waals surface area contributed by atoms with Gasteiger partial charge in [-0.05, 0) is 50.3 Å². The van der Waals surface area contributed by atoms with E-state index in [-0.39, 0.29) is 18.5 Å². The smallest absolute Gasteiger partial charge is 0.309 e. The molecule has 6 nitrogen and oxygen atoms in total. The van der Waals surface area contributed by atoms with Crippen LogP contribution in [0.15, 0.2) is 54.9 Å². The minimum Gasteiger partial charge on any atom is -0.309 e. The minimum atomic E-state index is -0.723. The lowest BCUT2D eigenvalue weighted by Crippen LogP contribution is -2.57. The van der Waals surface area contributed by atoms with Gasteiger partial charge in [0, 0.05) is 38.1 Å². The zero-order valence-corrected chi connectivity index (χ0v) is 17.8. The van der Waals surface area contributed by atoms with Crippen LogP contribution in [-0.2, 0) is 17.8 Å². The van der Waals surface area contributed by atoms with E-state index in [1.165, 1.54) is 10.5 Å². The maximum absolute atomic E-state index is 13.6. The Kier molecular flexibility index (Phi) is 5.86. The summed E-state index contributed by atoms with van der Waals surface area (Å²) < 4.78 is 0. The number of benzene rings is 1. The number of aromatic nitrogens is 1. The number of carbonyl (C=O) groups is 2. The molecular weight excluding hydrogens is 376 g/mol. The minimum absolute atomic E-state index is 0.0483. The van der Waals surface area contributed by atoms with Crippen molar-refractivity contribution >= 4 is 11.9 Å². The summed E-state index contributed by atoms with van der Waals surface area (Å²) in [5, 5.41) is 0. The summed E-state index contributed by atoms with van der Waals surface area (Å²) in [6.07, 6.45) is 5.55. The van der Waals surface area contributed by atoms with E-state index in [0.717, 1.165) is 25.1 Å². The first kappa shape index (κ1) is 20.5. The number of nitrogens with zero attached hydrogens (tertiary/aromatic N) is 4. The Bertz CT molecular complexity index is 877. The van der Waals surface area contributed by atoms with Gasteiger partial charge in [-0.25, -0.2) is 4.79 Å². The first-order chi connectivity index (χ1) is 14.5. The van der Waals surface area contributed by atoms with Crippen LogP contribution in [0.25, 0.3) is 0 Å². The van der Waals surface area contributed by atoms with E-state index in [9.17, 15) is 9.59 Å². The monoisotopic (exact) mass is 406 g/mol. The van der Waals surface area contributed by atoms with E-state index < -0.39 is 5.54 Å². The summed E-state index contributed by atoms with van der Waals surface area (Å²) in [4.78, 5) is 36.9. The third kappa shape index (κ3) is 3.84. The summed E-state index contributed by atoms with van der Waals surface area (Å²) in [6, 6.07) is 14.2. The summed E-state index contributed by atoms with van der Waals surface area (Å²) >= 11 is 0. The van der Waals surface area contributed by atoms with Crippen LogP contribution in [0, 0.1) is 0 Å². The van der Waals surface area contributed by atoms with E-state index in [2.05, 4.69) is 35.9 Å². The molecule has 0 bridgehead atoms. The Morgan fingerprint density at radius 1 is 1.00 bits per heavy atom. The quantitative estimate of drug-likeness (QED) is 0.691. The number of pyridine rings is 1. The van der Waals surface area contributed by atoms with Crippen molar-refractivity contribution in [2.75, 3.05) is 19.6 Å². The number of imide groups is 1. The first-order valence-electron chi connectivity index (χ1n) is 10.8. The molecule has 30 heavy (non-hydrogen) atoms. The zero-order valence-electron chi connectivity index (χ0n) is 17.8. The fraction of sp³-hybridized carbons (Fsp3) is 0.458. The molecule has 0 N–H and O–H groups in total. The van der Waals surface area contributed by atoms with Crippen LogP contribution in [0.4, 0.5) is 4.79 Å². The van der Waals surface area contributed by atoms with Crippen LogP contribution in [-0.4, -0.2) is 62.8 Å². The molecule has 0 atom stereocenters. The van der Waals surface area contributed by atoms with Crippen LogP contribution < -0.4 is 0 Å². The standard InChI is InChI=1S/C24H30N4O2/c1-19(2)26-15-11-24(12-16-26)22(29)27(18-21-9-6-13-25-17-21)23(30)28(24)14-10-20-7-4-3-5-8-20/h3-9,13,17,19H,10-12,14-16,18H2,1-2H3. The molecule has 1 spiro atoms. The van der Waals surface area contributed by atoms with E-state index in [0.29, 0.717) is 25.4 Å². The highest BCUT2D eigenvalue weighted by atomic mass is 16.2. The number of rotatable bonds is 6. The Morgan fingerprint density at radius 3 is 2.33 bits per heavy atom. The lowest BCUT2D eigenvalue weighted by Gasteiger charge is -2.43. The predicted molar refractivity (Wildman–Crippen MR) is 116 cm³/mol. The molecule has 2 aromatic rings. The molecule has 2 aliphatic rings. The van der Waals surface area contributed by atoms with Gasteiger partial charge in [0.25, 0.3) is 5.91 Å². The fourth-order valence-corrected chi connectivity index (χ4v) is 4.69. The van der Waals surface area contributed by atoms with Crippen molar-refractivity contribution in [3.8, 4) is 0 Å². The molecule has 2 aliphatic heterocycles. The maximum Gasteiger partial charge on any atom is 0.328 e. The van der Waals surface area contributed by atoms with E-state index >= 15 is 0 Å². The third-order valence-electron chi connectivity index (χ3n) is 6.51. The Hall–Kier alpha value is -2.73. The Balaban J connectivity index is 1.58. The third-order valence-corrected chi connectivity index (χ3v) is 6.51. The number of hydrogen-bond donors (Lipinski definition) is 0. The molecule has 158 valence electrons. The molecular formula is C24H30N4O2. The van der Waals surface area contributed by atoms with E-state index in [4.69, 9.17) is 0 Å². The van der Waals surface area contributed by atoms with Crippen LogP contribution in [0.3, 0.4) is 0 Å². The van der Waals surface area contributed by atoms with Crippen molar-refractivity contribution in [2.45, 2.75) is 51.2 Å². The van der Waals surface area contributed by atoms with Gasteiger partial charge in [-0.3, -0.25) is 14.7 Å². The van der Waals surface area contributed by atoms with Crippen molar-refractivity contribution in [3.63, 3.8) is 0 Å². The van der Waals surface area contributed by atoms with Crippen LogP contribution in [0.5, 0.6) is 0 Å². The molecule has 2 fully saturated rings. The summed E-state index contributed by atoms with van der Waals surface area (Å²) in [5.41, 5.74) is 1.33. The van der Waals surface area contributed by atoms with Gasteiger partial charge in [-0.2, -0.15) is 0 Å². The second-order valence-corrected chi connectivity index (χ2v) is 8.58. The van der Waals surface area contributed by atoms with Gasteiger partial charge in [0.05, 0.1) is 6.54 Å². The van der Waals surface area contributed by atoms with Gasteiger partial charge in [-0.15, -0.1) is 0 Å². The highest BCUT2D eigenvalue weighted by molar-refractivity contribution is 6.07. The van der Waals surface area contributed by atoms with Gasteiger partial charge in [-0.1, -0.05) is 36.4 Å². The first-order valence-corrected chi connectivity index (χ1v) is 10.8. The molecule has 1 aromatic heterocycles. The van der Waals surface area contributed by atoms with Gasteiger partial charge >= 0.3 is 6.03 Å². The number of carbonyl (C=O) groups excluding carboxylic acids is 2. The van der Waals surface area contributed by atoms with E-state index in [1.54, 1.807) is 12.4 Å². The highest BCUT2D eigenvalue weighted by Gasteiger charge is 2.57. The number of piperidine rings is 1. The highest BCUT2D eigenvalue weighted by Crippen LogP contribution is 2.38. The molecule has 0 unspecified atom stereocenters. The molecule has 0 aliphatic carbocycles. The summed E-state index contributed by atoms with van der Waals surface area (Å²) in [6.45, 7) is 6.87. The molecule has 6 heteroatoms. The number of likely N-dealkylation sites (tertiary alicyclic amines) is 1. The average Bonchev–Trinajstić information content (AvgIpc) is 2.95. The number of amides is 3. The summed E-state index contributed by atoms with van der Waals surface area (Å²) in [5.74, 6) is -0.0483. The van der Waals surface area contributed by atoms with Crippen LogP contribution in [0.1, 0.15) is 37.8 Å². The van der Waals surface area contributed by atoms with Gasteiger partial charge in [0.1, 0.15) is 5.54 Å². The lowest BCUT2D eigenvalue weighted by atomic mass is 9.85. The maximum atomic E-state index is 13.6. The Morgan fingerprint density at radius 2 is 1.70 bits per heavy atom. The van der Waals surface area contributed by atoms with Gasteiger partial charge in [0.15, 0.2) is 0 Å². The van der Waals surface area contributed by atoms with Crippen LogP contribution >= 0.6 is 0 Å². The summed E-state index contributed by atoms with van der Waals surface area (Å²) in [7, 11) is 0. The van der Waals surface area contributed by atoms with Crippen molar-refractivity contribution in [2.24, 2.45) is 0 Å². The largest absolute Gasteiger partial charge is 0.328 e. The SMILES string of the molecule is CC(C)N1CCC2(CC1)C(=O)N(Cc1cccnc1)C(=O)N2CCc1ccccc1. The average molecular weight is 407 g/mol. The van der Waals surface area contributed by atoms with Crippen molar-refractivity contribution in [1.29, 1.82) is 0 Å². The molecule has 0 radical (unpaired) electrons. The zero-order chi connectivity index (χ0) is 21.1. The normalized spacial score (nSPS) is 19.3. The van der Waals surface area contributed by atoms with Gasteiger partial charge in [0.2, 0.25) is 0 Å². The number of hydrogen-bond acceptors (Lipinski definition) is 4. The topological polar surface area (TPSA) is 56.8 Å².